The zero-order valence-corrected chi connectivity index (χ0v) is 13.1. The molecule has 0 bridgehead atoms. The highest BCUT2D eigenvalue weighted by Crippen LogP contribution is 2.37. The quantitative estimate of drug-likeness (QED) is 0.422. The molecule has 0 amide bonds. The maximum Gasteiger partial charge on any atom is 0.310 e. The molecule has 0 radical (unpaired) electrons. The summed E-state index contributed by atoms with van der Waals surface area (Å²) in [5.41, 5.74) is -0.469. The van der Waals surface area contributed by atoms with Crippen molar-refractivity contribution in [1.29, 1.82) is 0 Å². The van der Waals surface area contributed by atoms with E-state index in [4.69, 9.17) is 9.47 Å². The van der Waals surface area contributed by atoms with E-state index in [1.165, 1.54) is 19.3 Å². The SMILES string of the molecule is CCCCCCC(C)C(=O)OC1NCC12CC(C=O)CO2. The van der Waals surface area contributed by atoms with Crippen molar-refractivity contribution in [2.75, 3.05) is 13.2 Å². The Hall–Kier alpha value is -0.940. The number of rotatable bonds is 8. The van der Waals surface area contributed by atoms with Crippen LogP contribution in [0.5, 0.6) is 0 Å². The van der Waals surface area contributed by atoms with Gasteiger partial charge in [-0.3, -0.25) is 10.1 Å². The molecule has 0 aromatic rings. The Morgan fingerprint density at radius 1 is 1.48 bits per heavy atom. The van der Waals surface area contributed by atoms with Gasteiger partial charge in [0.1, 0.15) is 11.9 Å². The van der Waals surface area contributed by atoms with Crippen molar-refractivity contribution in [2.45, 2.75) is 64.2 Å². The van der Waals surface area contributed by atoms with Gasteiger partial charge in [0.25, 0.3) is 0 Å². The molecule has 2 aliphatic rings. The second-order valence-electron chi connectivity index (χ2n) is 6.42. The minimum absolute atomic E-state index is 0.0697. The highest BCUT2D eigenvalue weighted by molar-refractivity contribution is 5.72. The summed E-state index contributed by atoms with van der Waals surface area (Å²) < 4.78 is 11.3. The van der Waals surface area contributed by atoms with E-state index in [2.05, 4.69) is 12.2 Å². The summed E-state index contributed by atoms with van der Waals surface area (Å²) in [4.78, 5) is 22.9. The molecule has 2 fully saturated rings. The van der Waals surface area contributed by atoms with Gasteiger partial charge in [-0.25, -0.2) is 0 Å². The van der Waals surface area contributed by atoms with Crippen LogP contribution in [0.3, 0.4) is 0 Å². The zero-order valence-electron chi connectivity index (χ0n) is 13.1. The van der Waals surface area contributed by atoms with Gasteiger partial charge in [0, 0.05) is 12.5 Å². The average Bonchev–Trinajstić information content (AvgIpc) is 2.94. The average molecular weight is 297 g/mol. The summed E-state index contributed by atoms with van der Waals surface area (Å²) in [7, 11) is 0. The molecule has 0 saturated carbocycles. The van der Waals surface area contributed by atoms with E-state index in [1.54, 1.807) is 0 Å². The second-order valence-corrected chi connectivity index (χ2v) is 6.42. The normalized spacial score (nSPS) is 32.7. The fraction of sp³-hybridized carbons (Fsp3) is 0.875. The molecule has 0 aliphatic carbocycles. The predicted octanol–water partition coefficient (Wildman–Crippen LogP) is 2.04. The van der Waals surface area contributed by atoms with Crippen molar-refractivity contribution >= 4 is 12.3 Å². The van der Waals surface area contributed by atoms with Crippen molar-refractivity contribution in [3.05, 3.63) is 0 Å². The summed E-state index contributed by atoms with van der Waals surface area (Å²) in [5, 5.41) is 3.10. The smallest absolute Gasteiger partial charge is 0.310 e. The van der Waals surface area contributed by atoms with Crippen LogP contribution >= 0.6 is 0 Å². The van der Waals surface area contributed by atoms with Gasteiger partial charge in [-0.05, 0) is 12.8 Å². The molecule has 120 valence electrons. The molecule has 1 N–H and O–H groups in total. The van der Waals surface area contributed by atoms with E-state index in [0.717, 1.165) is 19.1 Å². The van der Waals surface area contributed by atoms with E-state index in [1.807, 2.05) is 6.92 Å². The van der Waals surface area contributed by atoms with Crippen LogP contribution in [0.15, 0.2) is 0 Å². The van der Waals surface area contributed by atoms with Crippen molar-refractivity contribution in [3.8, 4) is 0 Å². The summed E-state index contributed by atoms with van der Waals surface area (Å²) in [5.74, 6) is -0.314. The molecule has 21 heavy (non-hydrogen) atoms. The first-order valence-electron chi connectivity index (χ1n) is 8.14. The van der Waals surface area contributed by atoms with Crippen LogP contribution in [0, 0.1) is 11.8 Å². The van der Waals surface area contributed by atoms with Gasteiger partial charge in [0.15, 0.2) is 6.23 Å². The molecule has 0 aromatic heterocycles. The standard InChI is InChI=1S/C16H27NO4/c1-3-4-5-6-7-12(2)14(19)21-15-16(11-17-15)8-13(9-18)10-20-16/h9,12-13,15,17H,3-8,10-11H2,1-2H3. The minimum atomic E-state index is -0.469. The molecule has 4 unspecified atom stereocenters. The van der Waals surface area contributed by atoms with Crippen molar-refractivity contribution in [3.63, 3.8) is 0 Å². The number of unbranched alkanes of at least 4 members (excludes halogenated alkanes) is 3. The summed E-state index contributed by atoms with van der Waals surface area (Å²) in [6, 6.07) is 0. The first-order valence-corrected chi connectivity index (χ1v) is 8.14. The van der Waals surface area contributed by atoms with Crippen molar-refractivity contribution in [1.82, 2.24) is 5.32 Å². The van der Waals surface area contributed by atoms with Gasteiger partial charge in [0.2, 0.25) is 0 Å². The monoisotopic (exact) mass is 297 g/mol. The van der Waals surface area contributed by atoms with Gasteiger partial charge in [0.05, 0.1) is 12.5 Å². The lowest BCUT2D eigenvalue weighted by molar-refractivity contribution is -0.200. The van der Waals surface area contributed by atoms with Crippen LogP contribution in [0.25, 0.3) is 0 Å². The largest absolute Gasteiger partial charge is 0.443 e. The first-order chi connectivity index (χ1) is 10.1. The molecular weight excluding hydrogens is 270 g/mol. The number of esters is 1. The maximum absolute atomic E-state index is 12.1. The van der Waals surface area contributed by atoms with Crippen LogP contribution in [0.1, 0.15) is 52.4 Å². The van der Waals surface area contributed by atoms with E-state index >= 15 is 0 Å². The van der Waals surface area contributed by atoms with Gasteiger partial charge in [-0.1, -0.05) is 39.5 Å². The summed E-state index contributed by atoms with van der Waals surface area (Å²) in [6.45, 7) is 5.18. The number of nitrogens with one attached hydrogen (secondary N) is 1. The first kappa shape index (κ1) is 16.4. The lowest BCUT2D eigenvalue weighted by Gasteiger charge is -2.45. The van der Waals surface area contributed by atoms with Crippen LogP contribution in [0.4, 0.5) is 0 Å². The minimum Gasteiger partial charge on any atom is -0.443 e. The van der Waals surface area contributed by atoms with Gasteiger partial charge < -0.3 is 14.3 Å². The molecule has 2 aliphatic heterocycles. The number of carbonyl (C=O) groups excluding carboxylic acids is 2. The van der Waals surface area contributed by atoms with Gasteiger partial charge in [-0.2, -0.15) is 0 Å². The Balaban J connectivity index is 1.74. The summed E-state index contributed by atoms with van der Waals surface area (Å²) in [6.07, 6.45) is 6.71. The highest BCUT2D eigenvalue weighted by atomic mass is 16.6. The van der Waals surface area contributed by atoms with Crippen molar-refractivity contribution in [2.24, 2.45) is 11.8 Å². The van der Waals surface area contributed by atoms with Crippen LogP contribution in [-0.2, 0) is 19.1 Å². The van der Waals surface area contributed by atoms with Crippen LogP contribution in [-0.4, -0.2) is 37.2 Å². The number of hydrogen-bond acceptors (Lipinski definition) is 5. The third-order valence-corrected chi connectivity index (χ3v) is 4.58. The number of ether oxygens (including phenoxy) is 2. The number of hydrogen-bond donors (Lipinski definition) is 1. The summed E-state index contributed by atoms with van der Waals surface area (Å²) >= 11 is 0. The molecule has 1 spiro atoms. The third-order valence-electron chi connectivity index (χ3n) is 4.58. The Labute approximate surface area is 126 Å². The van der Waals surface area contributed by atoms with Gasteiger partial charge >= 0.3 is 5.97 Å². The molecule has 5 nitrogen and oxygen atoms in total. The molecule has 0 aromatic carbocycles. The zero-order chi connectivity index (χ0) is 15.3. The lowest BCUT2D eigenvalue weighted by atomic mass is 9.87. The topological polar surface area (TPSA) is 64.6 Å². The maximum atomic E-state index is 12.1. The molecular formula is C16H27NO4. The predicted molar refractivity (Wildman–Crippen MR) is 78.7 cm³/mol. The molecule has 2 saturated heterocycles. The molecule has 4 atom stereocenters. The van der Waals surface area contributed by atoms with E-state index < -0.39 is 11.8 Å². The third kappa shape index (κ3) is 3.83. The Bertz CT molecular complexity index is 373. The van der Waals surface area contributed by atoms with Crippen LogP contribution in [0.2, 0.25) is 0 Å². The van der Waals surface area contributed by atoms with Crippen molar-refractivity contribution < 1.29 is 19.1 Å². The van der Waals surface area contributed by atoms with E-state index in [9.17, 15) is 9.59 Å². The molecule has 2 rings (SSSR count). The Kier molecular flexibility index (Phi) is 5.76. The molecule has 2 heterocycles. The number of carbonyl (C=O) groups is 2. The number of aldehydes is 1. The Morgan fingerprint density at radius 2 is 2.29 bits per heavy atom. The lowest BCUT2D eigenvalue weighted by Crippen LogP contribution is -2.69. The highest BCUT2D eigenvalue weighted by Gasteiger charge is 2.55. The second kappa shape index (κ2) is 7.36. The van der Waals surface area contributed by atoms with E-state index in [0.29, 0.717) is 19.6 Å². The fourth-order valence-corrected chi connectivity index (χ4v) is 3.02. The molecule has 5 heteroatoms. The van der Waals surface area contributed by atoms with Crippen LogP contribution < -0.4 is 5.32 Å². The Morgan fingerprint density at radius 3 is 2.86 bits per heavy atom. The van der Waals surface area contributed by atoms with Gasteiger partial charge in [-0.15, -0.1) is 0 Å². The fourth-order valence-electron chi connectivity index (χ4n) is 3.02. The van der Waals surface area contributed by atoms with E-state index in [-0.39, 0.29) is 17.8 Å².